The van der Waals surface area contributed by atoms with Crippen LogP contribution in [0.5, 0.6) is 0 Å². The Kier molecular flexibility index (Phi) is 8.88. The number of nitrogens with one attached hydrogen (secondary N) is 1. The number of rotatable bonds is 8. The first-order valence-corrected chi connectivity index (χ1v) is 4.62. The van der Waals surface area contributed by atoms with Crippen LogP contribution in [-0.2, 0) is 9.47 Å². The molecule has 1 unspecified atom stereocenters. The van der Waals surface area contributed by atoms with Crippen molar-refractivity contribution in [2.75, 3.05) is 33.4 Å². The van der Waals surface area contributed by atoms with Gasteiger partial charge in [0.2, 0.25) is 0 Å². The van der Waals surface area contributed by atoms with Gasteiger partial charge in [0.25, 0.3) is 0 Å². The van der Waals surface area contributed by atoms with Crippen LogP contribution in [0.1, 0.15) is 20.3 Å². The normalized spacial score (nSPS) is 13.2. The highest BCUT2D eigenvalue weighted by Crippen LogP contribution is 1.87. The van der Waals surface area contributed by atoms with Crippen LogP contribution in [0.25, 0.3) is 0 Å². The van der Waals surface area contributed by atoms with Crippen LogP contribution < -0.4 is 5.32 Å². The summed E-state index contributed by atoms with van der Waals surface area (Å²) in [7, 11) is 1.73. The Labute approximate surface area is 75.4 Å². The van der Waals surface area contributed by atoms with Gasteiger partial charge in [-0.05, 0) is 26.8 Å². The number of ether oxygens (including phenoxy) is 2. The average molecular weight is 175 g/mol. The van der Waals surface area contributed by atoms with E-state index in [4.69, 9.17) is 9.47 Å². The molecule has 0 saturated carbocycles. The zero-order chi connectivity index (χ0) is 9.23. The Balaban J connectivity index is 2.97. The van der Waals surface area contributed by atoms with Gasteiger partial charge in [-0.25, -0.2) is 0 Å². The van der Waals surface area contributed by atoms with E-state index in [1.807, 2.05) is 6.92 Å². The summed E-state index contributed by atoms with van der Waals surface area (Å²) in [5.41, 5.74) is 0. The highest BCUT2D eigenvalue weighted by molar-refractivity contribution is 4.54. The fourth-order valence-corrected chi connectivity index (χ4v) is 0.990. The fourth-order valence-electron chi connectivity index (χ4n) is 0.990. The molecule has 0 fully saturated rings. The molecule has 0 amide bonds. The third kappa shape index (κ3) is 7.98. The maximum Gasteiger partial charge on any atom is 0.0671 e. The molecule has 0 aromatic carbocycles. The monoisotopic (exact) mass is 175 g/mol. The number of hydrogen-bond donors (Lipinski definition) is 1. The molecule has 0 aliphatic heterocycles. The molecule has 12 heavy (non-hydrogen) atoms. The molecule has 0 spiro atoms. The molecule has 74 valence electrons. The van der Waals surface area contributed by atoms with Gasteiger partial charge in [-0.2, -0.15) is 0 Å². The van der Waals surface area contributed by atoms with E-state index in [0.717, 1.165) is 32.7 Å². The summed E-state index contributed by atoms with van der Waals surface area (Å²) in [5, 5.41) is 3.30. The lowest BCUT2D eigenvalue weighted by molar-refractivity contribution is 0.0757. The van der Waals surface area contributed by atoms with Crippen LogP contribution in [0.4, 0.5) is 0 Å². The SMILES string of the molecule is CCOC(C)CNCCCOC. The topological polar surface area (TPSA) is 30.5 Å². The highest BCUT2D eigenvalue weighted by Gasteiger charge is 1.98. The summed E-state index contributed by atoms with van der Waals surface area (Å²) in [6.07, 6.45) is 1.38. The Hall–Kier alpha value is -0.120. The minimum atomic E-state index is 0.317. The van der Waals surface area contributed by atoms with Gasteiger partial charge < -0.3 is 14.8 Å². The quantitative estimate of drug-likeness (QED) is 0.559. The van der Waals surface area contributed by atoms with E-state index in [9.17, 15) is 0 Å². The summed E-state index contributed by atoms with van der Waals surface area (Å²) >= 11 is 0. The van der Waals surface area contributed by atoms with E-state index >= 15 is 0 Å². The van der Waals surface area contributed by atoms with Crippen molar-refractivity contribution in [2.24, 2.45) is 0 Å². The molecule has 1 atom stereocenters. The Bertz CT molecular complexity index is 88.6. The van der Waals surface area contributed by atoms with Gasteiger partial charge in [0.1, 0.15) is 0 Å². The molecule has 0 radical (unpaired) electrons. The molecule has 0 aliphatic carbocycles. The first-order valence-electron chi connectivity index (χ1n) is 4.62. The van der Waals surface area contributed by atoms with Crippen LogP contribution in [0.3, 0.4) is 0 Å². The second kappa shape index (κ2) is 8.97. The van der Waals surface area contributed by atoms with E-state index in [1.165, 1.54) is 0 Å². The molecule has 1 N–H and O–H groups in total. The maximum atomic E-state index is 5.35. The summed E-state index contributed by atoms with van der Waals surface area (Å²) in [5.74, 6) is 0. The predicted molar refractivity (Wildman–Crippen MR) is 50.5 cm³/mol. The van der Waals surface area contributed by atoms with Crippen LogP contribution in [0.2, 0.25) is 0 Å². The van der Waals surface area contributed by atoms with E-state index in [-0.39, 0.29) is 0 Å². The first kappa shape index (κ1) is 11.9. The van der Waals surface area contributed by atoms with Gasteiger partial charge in [-0.15, -0.1) is 0 Å². The van der Waals surface area contributed by atoms with Crippen LogP contribution in [0.15, 0.2) is 0 Å². The third-order valence-corrected chi connectivity index (χ3v) is 1.58. The number of hydrogen-bond acceptors (Lipinski definition) is 3. The lowest BCUT2D eigenvalue weighted by Gasteiger charge is -2.11. The van der Waals surface area contributed by atoms with Crippen LogP contribution in [-0.4, -0.2) is 39.5 Å². The molecule has 0 bridgehead atoms. The summed E-state index contributed by atoms with van der Waals surface area (Å²) in [6.45, 7) is 7.65. The minimum absolute atomic E-state index is 0.317. The molecule has 0 rings (SSSR count). The van der Waals surface area contributed by atoms with Crippen molar-refractivity contribution in [3.63, 3.8) is 0 Å². The molecule has 3 nitrogen and oxygen atoms in total. The number of methoxy groups -OCH3 is 1. The molecule has 3 heteroatoms. The van der Waals surface area contributed by atoms with Gasteiger partial charge >= 0.3 is 0 Å². The van der Waals surface area contributed by atoms with Gasteiger partial charge in [0, 0.05) is 26.9 Å². The maximum absolute atomic E-state index is 5.35. The Morgan fingerprint density at radius 3 is 2.75 bits per heavy atom. The van der Waals surface area contributed by atoms with Crippen molar-refractivity contribution in [1.82, 2.24) is 5.32 Å². The molecular weight excluding hydrogens is 154 g/mol. The molecule has 0 aliphatic rings. The van der Waals surface area contributed by atoms with E-state index in [0.29, 0.717) is 6.10 Å². The summed E-state index contributed by atoms with van der Waals surface area (Å²) < 4.78 is 10.3. The molecule has 0 aromatic heterocycles. The second-order valence-electron chi connectivity index (χ2n) is 2.82. The lowest BCUT2D eigenvalue weighted by atomic mass is 10.4. The van der Waals surface area contributed by atoms with Crippen molar-refractivity contribution in [1.29, 1.82) is 0 Å². The summed E-state index contributed by atoms with van der Waals surface area (Å²) in [6, 6.07) is 0. The van der Waals surface area contributed by atoms with Gasteiger partial charge in [0.05, 0.1) is 6.10 Å². The molecule has 0 aromatic rings. The van der Waals surface area contributed by atoms with Crippen molar-refractivity contribution in [2.45, 2.75) is 26.4 Å². The van der Waals surface area contributed by atoms with Gasteiger partial charge in [0.15, 0.2) is 0 Å². The van der Waals surface area contributed by atoms with E-state index in [1.54, 1.807) is 7.11 Å². The van der Waals surface area contributed by atoms with Crippen molar-refractivity contribution in [3.8, 4) is 0 Å². The van der Waals surface area contributed by atoms with Crippen molar-refractivity contribution in [3.05, 3.63) is 0 Å². The Morgan fingerprint density at radius 2 is 2.17 bits per heavy atom. The van der Waals surface area contributed by atoms with E-state index in [2.05, 4.69) is 12.2 Å². The molecule has 0 heterocycles. The lowest BCUT2D eigenvalue weighted by Crippen LogP contribution is -2.28. The zero-order valence-corrected chi connectivity index (χ0v) is 8.43. The highest BCUT2D eigenvalue weighted by atomic mass is 16.5. The third-order valence-electron chi connectivity index (χ3n) is 1.58. The van der Waals surface area contributed by atoms with Gasteiger partial charge in [-0.3, -0.25) is 0 Å². The predicted octanol–water partition coefficient (Wildman–Crippen LogP) is 1.04. The average Bonchev–Trinajstić information content (AvgIpc) is 2.05. The Morgan fingerprint density at radius 1 is 1.42 bits per heavy atom. The van der Waals surface area contributed by atoms with E-state index < -0.39 is 0 Å². The zero-order valence-electron chi connectivity index (χ0n) is 8.43. The molecular formula is C9H21NO2. The standard InChI is InChI=1S/C9H21NO2/c1-4-12-9(2)8-10-6-5-7-11-3/h9-10H,4-8H2,1-3H3. The van der Waals surface area contributed by atoms with Gasteiger partial charge in [-0.1, -0.05) is 0 Å². The minimum Gasteiger partial charge on any atom is -0.385 e. The largest absolute Gasteiger partial charge is 0.385 e. The first-order chi connectivity index (χ1) is 5.81. The smallest absolute Gasteiger partial charge is 0.0671 e. The van der Waals surface area contributed by atoms with Crippen LogP contribution >= 0.6 is 0 Å². The second-order valence-corrected chi connectivity index (χ2v) is 2.82. The van der Waals surface area contributed by atoms with Crippen molar-refractivity contribution < 1.29 is 9.47 Å². The fraction of sp³-hybridized carbons (Fsp3) is 1.00. The summed E-state index contributed by atoms with van der Waals surface area (Å²) in [4.78, 5) is 0. The van der Waals surface area contributed by atoms with Crippen molar-refractivity contribution >= 4 is 0 Å². The van der Waals surface area contributed by atoms with Crippen LogP contribution in [0, 0.1) is 0 Å². The molecule has 0 saturated heterocycles.